The first-order chi connectivity index (χ1) is 12.7. The zero-order valence-electron chi connectivity index (χ0n) is 15.1. The van der Waals surface area contributed by atoms with Crippen LogP contribution in [0.4, 0.5) is 5.82 Å². The minimum absolute atomic E-state index is 0.0384. The number of hydrogen-bond donors (Lipinski definition) is 1. The predicted molar refractivity (Wildman–Crippen MR) is 102 cm³/mol. The minimum atomic E-state index is 0.0384. The van der Waals surface area contributed by atoms with Crippen molar-refractivity contribution in [1.82, 2.24) is 15.0 Å². The summed E-state index contributed by atoms with van der Waals surface area (Å²) in [7, 11) is 0. The molecule has 132 valence electrons. The van der Waals surface area contributed by atoms with Gasteiger partial charge in [-0.25, -0.2) is 9.97 Å². The molecule has 3 aromatic rings. The first-order valence-corrected chi connectivity index (χ1v) is 8.91. The Morgan fingerprint density at radius 3 is 2.85 bits per heavy atom. The highest BCUT2D eigenvalue weighted by Crippen LogP contribution is 2.28. The van der Waals surface area contributed by atoms with Gasteiger partial charge in [-0.15, -0.1) is 0 Å². The van der Waals surface area contributed by atoms with Gasteiger partial charge in [0.1, 0.15) is 5.82 Å². The van der Waals surface area contributed by atoms with E-state index in [0.717, 1.165) is 35.7 Å². The van der Waals surface area contributed by atoms with Gasteiger partial charge in [-0.05, 0) is 43.5 Å². The topological polar surface area (TPSA) is 59.9 Å². The Hall–Kier alpha value is -2.79. The highest BCUT2D eigenvalue weighted by Gasteiger charge is 2.21. The molecule has 0 fully saturated rings. The predicted octanol–water partition coefficient (Wildman–Crippen LogP) is 3.88. The number of nitrogens with one attached hydrogen (secondary N) is 1. The zero-order chi connectivity index (χ0) is 17.9. The van der Waals surface area contributed by atoms with Crippen LogP contribution in [-0.2, 0) is 11.2 Å². The molecule has 0 aliphatic carbocycles. The van der Waals surface area contributed by atoms with Crippen molar-refractivity contribution in [3.63, 3.8) is 0 Å². The molecule has 1 aromatic carbocycles. The van der Waals surface area contributed by atoms with Gasteiger partial charge in [0.05, 0.1) is 12.7 Å². The number of ether oxygens (including phenoxy) is 1. The first kappa shape index (κ1) is 16.7. The van der Waals surface area contributed by atoms with E-state index in [9.17, 15) is 0 Å². The molecule has 26 heavy (non-hydrogen) atoms. The fourth-order valence-electron chi connectivity index (χ4n) is 3.26. The summed E-state index contributed by atoms with van der Waals surface area (Å²) < 4.78 is 6.00. The van der Waals surface area contributed by atoms with Crippen LogP contribution in [0.2, 0.25) is 0 Å². The van der Waals surface area contributed by atoms with Crippen LogP contribution in [0.5, 0.6) is 0 Å². The summed E-state index contributed by atoms with van der Waals surface area (Å²) in [5, 5.41) is 3.48. The summed E-state index contributed by atoms with van der Waals surface area (Å²) >= 11 is 0. The first-order valence-electron chi connectivity index (χ1n) is 8.91. The minimum Gasteiger partial charge on any atom is -0.371 e. The monoisotopic (exact) mass is 346 g/mol. The second kappa shape index (κ2) is 7.22. The lowest BCUT2D eigenvalue weighted by Gasteiger charge is -2.26. The van der Waals surface area contributed by atoms with E-state index in [1.165, 1.54) is 11.1 Å². The Morgan fingerprint density at radius 1 is 1.12 bits per heavy atom. The SMILES string of the molecule is Cc1nc(-c2cccnc2)nc(NCC2OCCc3ccccc32)c1C. The number of fused-ring (bicyclic) bond motifs is 1. The number of rotatable bonds is 4. The largest absolute Gasteiger partial charge is 0.371 e. The van der Waals surface area contributed by atoms with Gasteiger partial charge < -0.3 is 10.1 Å². The molecule has 0 bridgehead atoms. The molecule has 0 saturated heterocycles. The lowest BCUT2D eigenvalue weighted by molar-refractivity contribution is 0.0513. The summed E-state index contributed by atoms with van der Waals surface area (Å²) in [6.07, 6.45) is 4.55. The van der Waals surface area contributed by atoms with Crippen LogP contribution in [0.15, 0.2) is 48.8 Å². The van der Waals surface area contributed by atoms with E-state index in [2.05, 4.69) is 39.6 Å². The summed E-state index contributed by atoms with van der Waals surface area (Å²) in [6.45, 7) is 5.49. The van der Waals surface area contributed by atoms with Crippen molar-refractivity contribution in [3.05, 3.63) is 71.2 Å². The third-order valence-corrected chi connectivity index (χ3v) is 4.86. The zero-order valence-corrected chi connectivity index (χ0v) is 15.1. The van der Waals surface area contributed by atoms with Crippen LogP contribution in [0.25, 0.3) is 11.4 Å². The van der Waals surface area contributed by atoms with Gasteiger partial charge in [-0.1, -0.05) is 24.3 Å². The van der Waals surface area contributed by atoms with Gasteiger partial charge in [0.25, 0.3) is 0 Å². The van der Waals surface area contributed by atoms with E-state index in [4.69, 9.17) is 9.72 Å². The Balaban J connectivity index is 1.58. The lowest BCUT2D eigenvalue weighted by Crippen LogP contribution is -2.23. The number of benzene rings is 1. The van der Waals surface area contributed by atoms with Crippen molar-refractivity contribution in [3.8, 4) is 11.4 Å². The quantitative estimate of drug-likeness (QED) is 0.777. The number of anilines is 1. The number of hydrogen-bond acceptors (Lipinski definition) is 5. The van der Waals surface area contributed by atoms with Crippen molar-refractivity contribution < 1.29 is 4.74 Å². The van der Waals surface area contributed by atoms with Gasteiger partial charge in [0, 0.05) is 35.8 Å². The molecule has 5 heteroatoms. The smallest absolute Gasteiger partial charge is 0.163 e. The van der Waals surface area contributed by atoms with E-state index < -0.39 is 0 Å². The molecule has 1 atom stereocenters. The standard InChI is InChI=1S/C21H22N4O/c1-14-15(2)24-21(17-7-5-10-22-12-17)25-20(14)23-13-19-18-8-4-3-6-16(18)9-11-26-19/h3-8,10,12,19H,9,11,13H2,1-2H3,(H,23,24,25). The van der Waals surface area contributed by atoms with E-state index in [-0.39, 0.29) is 6.10 Å². The van der Waals surface area contributed by atoms with Gasteiger partial charge in [0.15, 0.2) is 5.82 Å². The number of aromatic nitrogens is 3. The maximum Gasteiger partial charge on any atom is 0.163 e. The molecule has 1 unspecified atom stereocenters. The van der Waals surface area contributed by atoms with Crippen LogP contribution in [-0.4, -0.2) is 28.1 Å². The summed E-state index contributed by atoms with van der Waals surface area (Å²) in [4.78, 5) is 13.5. The fraction of sp³-hybridized carbons (Fsp3) is 0.286. The summed E-state index contributed by atoms with van der Waals surface area (Å²) in [6, 6.07) is 12.4. The van der Waals surface area contributed by atoms with Gasteiger partial charge >= 0.3 is 0 Å². The highest BCUT2D eigenvalue weighted by molar-refractivity contribution is 5.58. The van der Waals surface area contributed by atoms with Crippen molar-refractivity contribution in [2.24, 2.45) is 0 Å². The second-order valence-electron chi connectivity index (χ2n) is 6.54. The van der Waals surface area contributed by atoms with Crippen LogP contribution >= 0.6 is 0 Å². The number of pyridine rings is 1. The van der Waals surface area contributed by atoms with E-state index >= 15 is 0 Å². The van der Waals surface area contributed by atoms with Crippen molar-refractivity contribution in [2.45, 2.75) is 26.4 Å². The van der Waals surface area contributed by atoms with Crippen LogP contribution in [0, 0.1) is 13.8 Å². The molecule has 1 aliphatic heterocycles. The molecule has 3 heterocycles. The van der Waals surface area contributed by atoms with Crippen LogP contribution < -0.4 is 5.32 Å². The fourth-order valence-corrected chi connectivity index (χ4v) is 3.26. The van der Waals surface area contributed by atoms with E-state index in [0.29, 0.717) is 12.4 Å². The Labute approximate surface area is 153 Å². The van der Waals surface area contributed by atoms with Crippen LogP contribution in [0.1, 0.15) is 28.5 Å². The average Bonchev–Trinajstić information content (AvgIpc) is 2.69. The maximum absolute atomic E-state index is 6.00. The summed E-state index contributed by atoms with van der Waals surface area (Å²) in [5.74, 6) is 1.54. The molecule has 2 aromatic heterocycles. The molecule has 0 saturated carbocycles. The summed E-state index contributed by atoms with van der Waals surface area (Å²) in [5.41, 5.74) is 5.57. The Kier molecular flexibility index (Phi) is 4.63. The normalized spacial score (nSPS) is 16.2. The van der Waals surface area contributed by atoms with Crippen molar-refractivity contribution in [1.29, 1.82) is 0 Å². The van der Waals surface area contributed by atoms with E-state index in [1.54, 1.807) is 12.4 Å². The second-order valence-corrected chi connectivity index (χ2v) is 6.54. The van der Waals surface area contributed by atoms with Crippen molar-refractivity contribution in [2.75, 3.05) is 18.5 Å². The lowest BCUT2D eigenvalue weighted by atomic mass is 9.97. The third kappa shape index (κ3) is 3.30. The van der Waals surface area contributed by atoms with Gasteiger partial charge in [-0.2, -0.15) is 0 Å². The molecule has 1 aliphatic rings. The number of nitrogens with zero attached hydrogens (tertiary/aromatic N) is 3. The molecular weight excluding hydrogens is 324 g/mol. The Morgan fingerprint density at radius 2 is 2.00 bits per heavy atom. The van der Waals surface area contributed by atoms with Crippen LogP contribution in [0.3, 0.4) is 0 Å². The average molecular weight is 346 g/mol. The van der Waals surface area contributed by atoms with E-state index in [1.807, 2.05) is 26.0 Å². The molecule has 4 rings (SSSR count). The number of aryl methyl sites for hydroxylation is 1. The molecule has 5 nitrogen and oxygen atoms in total. The van der Waals surface area contributed by atoms with Crippen molar-refractivity contribution >= 4 is 5.82 Å². The maximum atomic E-state index is 6.00. The molecule has 0 amide bonds. The molecular formula is C21H22N4O. The Bertz CT molecular complexity index is 911. The molecule has 0 spiro atoms. The molecule has 1 N–H and O–H groups in total. The van der Waals surface area contributed by atoms with Gasteiger partial charge in [-0.3, -0.25) is 4.98 Å². The molecule has 0 radical (unpaired) electrons. The third-order valence-electron chi connectivity index (χ3n) is 4.86. The van der Waals surface area contributed by atoms with Gasteiger partial charge in [0.2, 0.25) is 0 Å². The highest BCUT2D eigenvalue weighted by atomic mass is 16.5.